The number of likely N-dealkylation sites (tertiary alicyclic amines) is 1. The first-order valence-electron chi connectivity index (χ1n) is 11.9. The molecule has 1 saturated heterocycles. The van der Waals surface area contributed by atoms with E-state index in [1.165, 1.54) is 0 Å². The van der Waals surface area contributed by atoms with Crippen molar-refractivity contribution >= 4 is 23.3 Å². The molecular weight excluding hydrogens is 440 g/mol. The summed E-state index contributed by atoms with van der Waals surface area (Å²) in [5.41, 5.74) is 2.93. The zero-order valence-corrected chi connectivity index (χ0v) is 20.2. The van der Waals surface area contributed by atoms with Gasteiger partial charge in [0, 0.05) is 36.1 Å². The number of nitrogens with one attached hydrogen (secondary N) is 2. The Bertz CT molecular complexity index is 1150. The van der Waals surface area contributed by atoms with E-state index in [9.17, 15) is 9.59 Å². The molecule has 1 aliphatic rings. The Labute approximate surface area is 206 Å². The van der Waals surface area contributed by atoms with Gasteiger partial charge in [0.2, 0.25) is 0 Å². The molecule has 35 heavy (non-hydrogen) atoms. The molecule has 7 heteroatoms. The average Bonchev–Trinajstić information content (AvgIpc) is 3.43. The fourth-order valence-electron chi connectivity index (χ4n) is 4.49. The van der Waals surface area contributed by atoms with Crippen molar-refractivity contribution in [3.63, 3.8) is 0 Å². The Balaban J connectivity index is 1.42. The Kier molecular flexibility index (Phi) is 8.00. The summed E-state index contributed by atoms with van der Waals surface area (Å²) >= 11 is 0. The van der Waals surface area contributed by atoms with E-state index in [1.807, 2.05) is 48.5 Å². The van der Waals surface area contributed by atoms with Gasteiger partial charge in [-0.3, -0.25) is 9.69 Å². The number of carbonyl (C=O) groups excluding carboxylic acids is 2. The maximum absolute atomic E-state index is 12.9. The summed E-state index contributed by atoms with van der Waals surface area (Å²) < 4.78 is 5.58. The molecule has 2 N–H and O–H groups in total. The molecule has 1 unspecified atom stereocenters. The molecule has 0 aromatic heterocycles. The Hall–Kier alpha value is -3.84. The molecule has 7 nitrogen and oxygen atoms in total. The number of ether oxygens (including phenoxy) is 1. The normalized spacial score (nSPS) is 14.2. The van der Waals surface area contributed by atoms with E-state index in [2.05, 4.69) is 21.6 Å². The third kappa shape index (κ3) is 6.00. The largest absolute Gasteiger partial charge is 0.496 e. The minimum atomic E-state index is -0.315. The van der Waals surface area contributed by atoms with Gasteiger partial charge in [-0.1, -0.05) is 42.5 Å². The second-order valence-corrected chi connectivity index (χ2v) is 8.62. The predicted octanol–water partition coefficient (Wildman–Crippen LogP) is 4.93. The maximum atomic E-state index is 12.9. The lowest BCUT2D eigenvalue weighted by Crippen LogP contribution is -2.38. The highest BCUT2D eigenvalue weighted by atomic mass is 16.5. The van der Waals surface area contributed by atoms with Crippen LogP contribution in [0.15, 0.2) is 78.9 Å². The molecule has 3 amide bonds. The Morgan fingerprint density at radius 3 is 2.43 bits per heavy atom. The van der Waals surface area contributed by atoms with Crippen molar-refractivity contribution in [2.45, 2.75) is 18.9 Å². The van der Waals surface area contributed by atoms with Crippen LogP contribution in [-0.2, 0) is 0 Å². The van der Waals surface area contributed by atoms with E-state index < -0.39 is 0 Å². The lowest BCUT2D eigenvalue weighted by atomic mass is 10.0. The molecule has 0 bridgehead atoms. The minimum absolute atomic E-state index is 0.0202. The van der Waals surface area contributed by atoms with Crippen LogP contribution in [0.2, 0.25) is 0 Å². The van der Waals surface area contributed by atoms with Crippen LogP contribution in [0.4, 0.5) is 16.2 Å². The monoisotopic (exact) mass is 472 g/mol. The van der Waals surface area contributed by atoms with Crippen molar-refractivity contribution in [1.29, 1.82) is 0 Å². The second kappa shape index (κ2) is 11.5. The summed E-state index contributed by atoms with van der Waals surface area (Å²) in [4.78, 5) is 29.7. The first kappa shape index (κ1) is 24.3. The number of rotatable bonds is 8. The van der Waals surface area contributed by atoms with Crippen molar-refractivity contribution < 1.29 is 14.3 Å². The number of hydrogen-bond donors (Lipinski definition) is 2. The van der Waals surface area contributed by atoms with Crippen LogP contribution >= 0.6 is 0 Å². The molecule has 3 aromatic rings. The smallest absolute Gasteiger partial charge is 0.319 e. The van der Waals surface area contributed by atoms with E-state index in [-0.39, 0.29) is 18.0 Å². The van der Waals surface area contributed by atoms with Gasteiger partial charge in [-0.05, 0) is 62.3 Å². The number of methoxy groups -OCH3 is 1. The van der Waals surface area contributed by atoms with Gasteiger partial charge in [0.15, 0.2) is 0 Å². The highest BCUT2D eigenvalue weighted by Crippen LogP contribution is 2.31. The number of anilines is 2. The van der Waals surface area contributed by atoms with Gasteiger partial charge < -0.3 is 20.3 Å². The number of urea groups is 1. The van der Waals surface area contributed by atoms with E-state index in [4.69, 9.17) is 4.74 Å². The van der Waals surface area contributed by atoms with Gasteiger partial charge in [0.1, 0.15) is 5.75 Å². The molecule has 1 heterocycles. The molecular formula is C28H32N4O3. The zero-order chi connectivity index (χ0) is 24.6. The average molecular weight is 473 g/mol. The summed E-state index contributed by atoms with van der Waals surface area (Å²) in [6.45, 7) is 2.43. The van der Waals surface area contributed by atoms with E-state index in [1.54, 1.807) is 43.3 Å². The molecule has 1 atom stereocenters. The SMILES string of the molecule is COc1ccccc1C(CNC(=O)Nc1cccc(C(=O)N(C)c2ccccc2)c1)N1CCCC1. The Morgan fingerprint density at radius 2 is 1.69 bits per heavy atom. The van der Waals surface area contributed by atoms with E-state index >= 15 is 0 Å². The van der Waals surface area contributed by atoms with Crippen LogP contribution in [0.25, 0.3) is 0 Å². The third-order valence-corrected chi connectivity index (χ3v) is 6.35. The summed E-state index contributed by atoms with van der Waals surface area (Å²) in [5.74, 6) is 0.672. The number of nitrogens with zero attached hydrogens (tertiary/aromatic N) is 2. The zero-order valence-electron chi connectivity index (χ0n) is 20.2. The number of amides is 3. The summed E-state index contributed by atoms with van der Waals surface area (Å²) in [6.07, 6.45) is 2.30. The first-order chi connectivity index (χ1) is 17.1. The van der Waals surface area contributed by atoms with Gasteiger partial charge in [-0.15, -0.1) is 0 Å². The number of carbonyl (C=O) groups is 2. The first-order valence-corrected chi connectivity index (χ1v) is 11.9. The molecule has 182 valence electrons. The van der Waals surface area contributed by atoms with Crippen molar-refractivity contribution in [3.05, 3.63) is 90.0 Å². The third-order valence-electron chi connectivity index (χ3n) is 6.35. The van der Waals surface area contributed by atoms with Gasteiger partial charge in [-0.2, -0.15) is 0 Å². The van der Waals surface area contributed by atoms with Crippen molar-refractivity contribution in [2.75, 3.05) is 44.0 Å². The van der Waals surface area contributed by atoms with E-state index in [0.29, 0.717) is 17.8 Å². The van der Waals surface area contributed by atoms with Gasteiger partial charge in [0.05, 0.1) is 13.2 Å². The van der Waals surface area contributed by atoms with Crippen molar-refractivity contribution in [1.82, 2.24) is 10.2 Å². The van der Waals surface area contributed by atoms with Crippen LogP contribution in [0.1, 0.15) is 34.8 Å². The molecule has 3 aromatic carbocycles. The van der Waals surface area contributed by atoms with Crippen molar-refractivity contribution in [2.24, 2.45) is 0 Å². The van der Waals surface area contributed by atoms with Crippen LogP contribution < -0.4 is 20.3 Å². The van der Waals surface area contributed by atoms with Crippen LogP contribution in [0, 0.1) is 0 Å². The molecule has 1 aliphatic heterocycles. The van der Waals surface area contributed by atoms with Crippen molar-refractivity contribution in [3.8, 4) is 5.75 Å². The maximum Gasteiger partial charge on any atom is 0.319 e. The summed E-state index contributed by atoms with van der Waals surface area (Å²) in [7, 11) is 3.41. The summed E-state index contributed by atoms with van der Waals surface area (Å²) in [5, 5.41) is 5.88. The number of hydrogen-bond acceptors (Lipinski definition) is 4. The molecule has 0 saturated carbocycles. The molecule has 1 fully saturated rings. The fourth-order valence-corrected chi connectivity index (χ4v) is 4.49. The van der Waals surface area contributed by atoms with Gasteiger partial charge in [-0.25, -0.2) is 4.79 Å². The molecule has 0 spiro atoms. The second-order valence-electron chi connectivity index (χ2n) is 8.62. The van der Waals surface area contributed by atoms with Crippen LogP contribution in [0.3, 0.4) is 0 Å². The standard InChI is InChI=1S/C28H32N4O3/c1-31(23-13-4-3-5-14-23)27(33)21-11-10-12-22(19-21)30-28(34)29-20-25(32-17-8-9-18-32)24-15-6-7-16-26(24)35-2/h3-7,10-16,19,25H,8-9,17-18,20H2,1-2H3,(H2,29,30,34). The van der Waals surface area contributed by atoms with Gasteiger partial charge >= 0.3 is 6.03 Å². The number of para-hydroxylation sites is 2. The Morgan fingerprint density at radius 1 is 0.971 bits per heavy atom. The quantitative estimate of drug-likeness (QED) is 0.488. The predicted molar refractivity (Wildman–Crippen MR) is 139 cm³/mol. The fraction of sp³-hybridized carbons (Fsp3) is 0.286. The molecule has 0 aliphatic carbocycles. The lowest BCUT2D eigenvalue weighted by molar-refractivity contribution is 0.0993. The highest BCUT2D eigenvalue weighted by molar-refractivity contribution is 6.06. The topological polar surface area (TPSA) is 73.9 Å². The number of benzene rings is 3. The van der Waals surface area contributed by atoms with E-state index in [0.717, 1.165) is 42.9 Å². The summed E-state index contributed by atoms with van der Waals surface area (Å²) in [6, 6.07) is 24.1. The van der Waals surface area contributed by atoms with Crippen LogP contribution in [0.5, 0.6) is 5.75 Å². The molecule has 0 radical (unpaired) electrons. The molecule has 4 rings (SSSR count). The van der Waals surface area contributed by atoms with Crippen LogP contribution in [-0.4, -0.2) is 50.6 Å². The highest BCUT2D eigenvalue weighted by Gasteiger charge is 2.26. The lowest BCUT2D eigenvalue weighted by Gasteiger charge is -2.29. The minimum Gasteiger partial charge on any atom is -0.496 e. The van der Waals surface area contributed by atoms with Gasteiger partial charge in [0.25, 0.3) is 5.91 Å².